The van der Waals surface area contributed by atoms with E-state index >= 15 is 0 Å². The van der Waals surface area contributed by atoms with Crippen LogP contribution in [0.2, 0.25) is 0 Å². The van der Waals surface area contributed by atoms with E-state index in [1.54, 1.807) is 0 Å². The molecule has 0 aromatic carbocycles. The van der Waals surface area contributed by atoms with E-state index in [0.717, 1.165) is 37.0 Å². The molecule has 1 aromatic heterocycles. The van der Waals surface area contributed by atoms with Crippen molar-refractivity contribution in [2.45, 2.75) is 26.7 Å². The molecule has 1 aromatic rings. The molecule has 0 saturated carbocycles. The van der Waals surface area contributed by atoms with Crippen LogP contribution in [0, 0.1) is 0 Å². The van der Waals surface area contributed by atoms with Gasteiger partial charge in [-0.3, -0.25) is 4.79 Å². The zero-order chi connectivity index (χ0) is 13.4. The maximum Gasteiger partial charge on any atom is 0.303 e. The lowest BCUT2D eigenvalue weighted by Crippen LogP contribution is -2.28. The van der Waals surface area contributed by atoms with Crippen molar-refractivity contribution in [3.8, 4) is 0 Å². The summed E-state index contributed by atoms with van der Waals surface area (Å²) in [7, 11) is 0. The molecule has 0 aliphatic heterocycles. The molecular weight excluding hydrogens is 250 g/mol. The van der Waals surface area contributed by atoms with E-state index in [-0.39, 0.29) is 6.42 Å². The van der Waals surface area contributed by atoms with E-state index in [1.807, 2.05) is 5.38 Å². The smallest absolute Gasteiger partial charge is 0.303 e. The van der Waals surface area contributed by atoms with Gasteiger partial charge in [-0.2, -0.15) is 0 Å². The summed E-state index contributed by atoms with van der Waals surface area (Å²) in [6.07, 6.45) is 0.645. The van der Waals surface area contributed by atoms with Crippen LogP contribution in [0.5, 0.6) is 0 Å². The van der Waals surface area contributed by atoms with Crippen molar-refractivity contribution in [3.05, 3.63) is 11.1 Å². The van der Waals surface area contributed by atoms with Gasteiger partial charge >= 0.3 is 5.97 Å². The summed E-state index contributed by atoms with van der Waals surface area (Å²) in [6, 6.07) is 0. The summed E-state index contributed by atoms with van der Waals surface area (Å²) in [5.41, 5.74) is 0.854. The first-order valence-electron chi connectivity index (χ1n) is 6.28. The molecule has 0 aliphatic rings. The van der Waals surface area contributed by atoms with Gasteiger partial charge in [0, 0.05) is 24.9 Å². The lowest BCUT2D eigenvalue weighted by atomic mass is 10.2. The van der Waals surface area contributed by atoms with Crippen LogP contribution >= 0.6 is 11.3 Å². The second-order valence-corrected chi connectivity index (χ2v) is 4.85. The van der Waals surface area contributed by atoms with Crippen molar-refractivity contribution in [2.75, 3.05) is 31.5 Å². The molecule has 0 atom stereocenters. The molecule has 0 bridgehead atoms. The first-order chi connectivity index (χ1) is 8.65. The fourth-order valence-electron chi connectivity index (χ4n) is 1.60. The number of aliphatic carboxylic acids is 1. The summed E-state index contributed by atoms with van der Waals surface area (Å²) in [5, 5.41) is 14.7. The molecule has 1 heterocycles. The number of nitrogens with zero attached hydrogens (tertiary/aromatic N) is 2. The fraction of sp³-hybridized carbons (Fsp3) is 0.667. The normalized spacial score (nSPS) is 10.8. The monoisotopic (exact) mass is 271 g/mol. The van der Waals surface area contributed by atoms with Gasteiger partial charge in [0.2, 0.25) is 0 Å². The zero-order valence-corrected chi connectivity index (χ0v) is 11.8. The van der Waals surface area contributed by atoms with Gasteiger partial charge in [-0.1, -0.05) is 13.8 Å². The SMILES string of the molecule is CCN(CC)CCNc1nc(CCC(=O)O)cs1. The third-order valence-electron chi connectivity index (χ3n) is 2.75. The largest absolute Gasteiger partial charge is 0.481 e. The number of hydrogen-bond donors (Lipinski definition) is 2. The molecule has 1 rings (SSSR count). The van der Waals surface area contributed by atoms with Gasteiger partial charge in [-0.25, -0.2) is 4.98 Å². The van der Waals surface area contributed by atoms with Gasteiger partial charge in [0.25, 0.3) is 0 Å². The molecule has 0 radical (unpaired) electrons. The number of anilines is 1. The van der Waals surface area contributed by atoms with Crippen LogP contribution in [0.4, 0.5) is 5.13 Å². The Morgan fingerprint density at radius 1 is 1.50 bits per heavy atom. The van der Waals surface area contributed by atoms with Gasteiger partial charge in [0.05, 0.1) is 12.1 Å². The summed E-state index contributed by atoms with van der Waals surface area (Å²) in [5.74, 6) is -0.779. The molecule has 6 heteroatoms. The van der Waals surface area contributed by atoms with E-state index in [1.165, 1.54) is 11.3 Å². The lowest BCUT2D eigenvalue weighted by molar-refractivity contribution is -0.136. The Hall–Kier alpha value is -1.14. The fourth-order valence-corrected chi connectivity index (χ4v) is 2.37. The Morgan fingerprint density at radius 2 is 2.22 bits per heavy atom. The predicted octanol–water partition coefficient (Wildman–Crippen LogP) is 1.91. The van der Waals surface area contributed by atoms with Crippen LogP contribution in [-0.4, -0.2) is 47.1 Å². The van der Waals surface area contributed by atoms with E-state index in [0.29, 0.717) is 6.42 Å². The molecule has 0 amide bonds. The molecule has 2 N–H and O–H groups in total. The minimum atomic E-state index is -0.779. The van der Waals surface area contributed by atoms with Crippen LogP contribution in [0.15, 0.2) is 5.38 Å². The van der Waals surface area contributed by atoms with Crippen molar-refractivity contribution in [1.29, 1.82) is 0 Å². The zero-order valence-electron chi connectivity index (χ0n) is 11.0. The number of carbonyl (C=O) groups is 1. The second-order valence-electron chi connectivity index (χ2n) is 3.99. The van der Waals surface area contributed by atoms with Crippen LogP contribution < -0.4 is 5.32 Å². The Morgan fingerprint density at radius 3 is 2.83 bits per heavy atom. The van der Waals surface area contributed by atoms with E-state index < -0.39 is 5.97 Å². The molecule has 0 fully saturated rings. The van der Waals surface area contributed by atoms with Gasteiger partial charge in [-0.05, 0) is 13.1 Å². The minimum Gasteiger partial charge on any atom is -0.481 e. The van der Waals surface area contributed by atoms with Crippen molar-refractivity contribution in [2.24, 2.45) is 0 Å². The van der Waals surface area contributed by atoms with Gasteiger partial charge in [0.15, 0.2) is 5.13 Å². The first kappa shape index (κ1) is 14.9. The highest BCUT2D eigenvalue weighted by atomic mass is 32.1. The standard InChI is InChI=1S/C12H21N3O2S/c1-3-15(4-2)8-7-13-12-14-10(9-18-12)5-6-11(16)17/h9H,3-8H2,1-2H3,(H,13,14)(H,16,17). The lowest BCUT2D eigenvalue weighted by Gasteiger charge is -2.17. The highest BCUT2D eigenvalue weighted by Gasteiger charge is 2.05. The molecule has 18 heavy (non-hydrogen) atoms. The maximum absolute atomic E-state index is 10.4. The Kier molecular flexibility index (Phi) is 6.67. The van der Waals surface area contributed by atoms with Crippen molar-refractivity contribution in [3.63, 3.8) is 0 Å². The topological polar surface area (TPSA) is 65.5 Å². The quantitative estimate of drug-likeness (QED) is 0.718. The Bertz CT molecular complexity index is 364. The van der Waals surface area contributed by atoms with Gasteiger partial charge in [-0.15, -0.1) is 11.3 Å². The molecular formula is C12H21N3O2S. The first-order valence-corrected chi connectivity index (χ1v) is 7.16. The number of carboxylic acids is 1. The van der Waals surface area contributed by atoms with E-state index in [2.05, 4.69) is 29.0 Å². The molecule has 0 unspecified atom stereocenters. The van der Waals surface area contributed by atoms with Crippen LogP contribution in [-0.2, 0) is 11.2 Å². The summed E-state index contributed by atoms with van der Waals surface area (Å²) < 4.78 is 0. The van der Waals surface area contributed by atoms with Crippen molar-refractivity contribution >= 4 is 22.4 Å². The van der Waals surface area contributed by atoms with Crippen LogP contribution in [0.25, 0.3) is 0 Å². The third kappa shape index (κ3) is 5.46. The number of aromatic nitrogens is 1. The Balaban J connectivity index is 2.28. The number of nitrogens with one attached hydrogen (secondary N) is 1. The predicted molar refractivity (Wildman–Crippen MR) is 74.3 cm³/mol. The summed E-state index contributed by atoms with van der Waals surface area (Å²) in [4.78, 5) is 17.1. The number of rotatable bonds is 9. The molecule has 0 aliphatic carbocycles. The second kappa shape index (κ2) is 8.05. The highest BCUT2D eigenvalue weighted by molar-refractivity contribution is 7.13. The van der Waals surface area contributed by atoms with Gasteiger partial charge in [0.1, 0.15) is 0 Å². The highest BCUT2D eigenvalue weighted by Crippen LogP contribution is 2.16. The summed E-state index contributed by atoms with van der Waals surface area (Å²) >= 11 is 1.53. The van der Waals surface area contributed by atoms with Crippen LogP contribution in [0.3, 0.4) is 0 Å². The van der Waals surface area contributed by atoms with E-state index in [9.17, 15) is 4.79 Å². The minimum absolute atomic E-state index is 0.141. The summed E-state index contributed by atoms with van der Waals surface area (Å²) in [6.45, 7) is 8.28. The number of likely N-dealkylation sites (N-methyl/N-ethyl adjacent to an activating group) is 1. The number of aryl methyl sites for hydroxylation is 1. The number of thiazole rings is 1. The molecule has 0 spiro atoms. The Labute approximate surface area is 112 Å². The van der Waals surface area contributed by atoms with Crippen molar-refractivity contribution < 1.29 is 9.90 Å². The average Bonchev–Trinajstić information content (AvgIpc) is 2.80. The molecule has 102 valence electrons. The van der Waals surface area contributed by atoms with Crippen LogP contribution in [0.1, 0.15) is 26.0 Å². The van der Waals surface area contributed by atoms with E-state index in [4.69, 9.17) is 5.11 Å². The third-order valence-corrected chi connectivity index (χ3v) is 3.59. The molecule has 0 saturated heterocycles. The molecule has 5 nitrogen and oxygen atoms in total. The number of carboxylic acid groups (broad SMARTS) is 1. The van der Waals surface area contributed by atoms with Gasteiger partial charge < -0.3 is 15.3 Å². The average molecular weight is 271 g/mol. The number of hydrogen-bond acceptors (Lipinski definition) is 5. The maximum atomic E-state index is 10.4. The van der Waals surface area contributed by atoms with Crippen molar-refractivity contribution in [1.82, 2.24) is 9.88 Å².